The summed E-state index contributed by atoms with van der Waals surface area (Å²) in [6.45, 7) is 5.39. The SMILES string of the molecule is Cc1cc(C)c(-c2[nH]c(C3CC3)nc2N)cc1C(=O)N1CC(c2ccc(C#N)cc2)C1. The maximum Gasteiger partial charge on any atom is 0.254 e. The van der Waals surface area contributed by atoms with Crippen LogP contribution in [0, 0.1) is 25.2 Å². The molecule has 0 atom stereocenters. The summed E-state index contributed by atoms with van der Waals surface area (Å²) in [5.41, 5.74) is 12.5. The minimum atomic E-state index is 0.0455. The van der Waals surface area contributed by atoms with Crippen LogP contribution in [0.5, 0.6) is 0 Å². The molecular formula is C25H25N5O. The molecule has 0 spiro atoms. The number of nitrogen functional groups attached to an aromatic ring is 1. The molecule has 0 bridgehead atoms. The predicted molar refractivity (Wildman–Crippen MR) is 120 cm³/mol. The molecule has 1 aliphatic carbocycles. The normalized spacial score (nSPS) is 16.1. The fourth-order valence-electron chi connectivity index (χ4n) is 4.37. The first-order chi connectivity index (χ1) is 14.9. The average molecular weight is 412 g/mol. The number of benzene rings is 2. The first kappa shape index (κ1) is 19.4. The van der Waals surface area contributed by atoms with Crippen molar-refractivity contribution in [3.8, 4) is 17.3 Å². The largest absolute Gasteiger partial charge is 0.382 e. The molecule has 3 N–H and O–H groups in total. The fourth-order valence-corrected chi connectivity index (χ4v) is 4.37. The third-order valence-electron chi connectivity index (χ3n) is 6.47. The van der Waals surface area contributed by atoms with Gasteiger partial charge in [-0.1, -0.05) is 18.2 Å². The van der Waals surface area contributed by atoms with Crippen molar-refractivity contribution in [2.24, 2.45) is 0 Å². The summed E-state index contributed by atoms with van der Waals surface area (Å²) in [5.74, 6) is 2.30. The molecule has 6 nitrogen and oxygen atoms in total. The van der Waals surface area contributed by atoms with E-state index in [1.54, 1.807) is 0 Å². The van der Waals surface area contributed by atoms with Gasteiger partial charge in [0.15, 0.2) is 0 Å². The number of aromatic nitrogens is 2. The van der Waals surface area contributed by atoms with E-state index in [0.29, 0.717) is 41.9 Å². The highest BCUT2D eigenvalue weighted by Crippen LogP contribution is 2.41. The maximum absolute atomic E-state index is 13.3. The summed E-state index contributed by atoms with van der Waals surface area (Å²) in [5, 5.41) is 8.96. The smallest absolute Gasteiger partial charge is 0.254 e. The number of rotatable bonds is 4. The Morgan fingerprint density at radius 1 is 1.13 bits per heavy atom. The van der Waals surface area contributed by atoms with Crippen LogP contribution in [-0.4, -0.2) is 33.9 Å². The van der Waals surface area contributed by atoms with Gasteiger partial charge in [0, 0.05) is 36.1 Å². The molecule has 2 aliphatic rings. The van der Waals surface area contributed by atoms with E-state index in [9.17, 15) is 4.79 Å². The molecule has 1 saturated carbocycles. The van der Waals surface area contributed by atoms with Crippen LogP contribution in [0.1, 0.15) is 63.1 Å². The second kappa shape index (κ2) is 7.28. The molecule has 1 amide bonds. The topological polar surface area (TPSA) is 98.8 Å². The van der Waals surface area contributed by atoms with E-state index in [0.717, 1.165) is 41.1 Å². The van der Waals surface area contributed by atoms with Crippen LogP contribution in [0.4, 0.5) is 5.82 Å². The zero-order valence-corrected chi connectivity index (χ0v) is 17.8. The highest BCUT2D eigenvalue weighted by molar-refractivity contribution is 5.98. The third kappa shape index (κ3) is 3.46. The van der Waals surface area contributed by atoms with Crippen molar-refractivity contribution < 1.29 is 4.79 Å². The van der Waals surface area contributed by atoms with Gasteiger partial charge < -0.3 is 15.6 Å². The molecular weight excluding hydrogens is 386 g/mol. The van der Waals surface area contributed by atoms with Gasteiger partial charge in [0.05, 0.1) is 17.3 Å². The Balaban J connectivity index is 1.37. The molecule has 1 saturated heterocycles. The molecule has 0 radical (unpaired) electrons. The van der Waals surface area contributed by atoms with Gasteiger partial charge in [-0.05, 0) is 61.6 Å². The number of carbonyl (C=O) groups is 1. The number of amides is 1. The van der Waals surface area contributed by atoms with Gasteiger partial charge >= 0.3 is 0 Å². The number of likely N-dealkylation sites (tertiary alicyclic amines) is 1. The van der Waals surface area contributed by atoms with Crippen LogP contribution in [0.25, 0.3) is 11.3 Å². The van der Waals surface area contributed by atoms with Crippen molar-refractivity contribution in [1.82, 2.24) is 14.9 Å². The average Bonchev–Trinajstić information content (AvgIpc) is 3.50. The molecule has 2 heterocycles. The second-order valence-corrected chi connectivity index (χ2v) is 8.78. The van der Waals surface area contributed by atoms with Crippen LogP contribution in [-0.2, 0) is 0 Å². The Hall–Kier alpha value is -3.59. The number of nitriles is 1. The van der Waals surface area contributed by atoms with Gasteiger partial charge in [0.25, 0.3) is 5.91 Å². The summed E-state index contributed by atoms with van der Waals surface area (Å²) in [6, 6.07) is 13.8. The number of H-pyrrole nitrogens is 1. The van der Waals surface area contributed by atoms with E-state index in [1.165, 1.54) is 5.56 Å². The van der Waals surface area contributed by atoms with Crippen molar-refractivity contribution in [2.75, 3.05) is 18.8 Å². The molecule has 2 aromatic carbocycles. The van der Waals surface area contributed by atoms with E-state index in [1.807, 2.05) is 49.1 Å². The van der Waals surface area contributed by atoms with Crippen LogP contribution < -0.4 is 5.73 Å². The number of aromatic amines is 1. The minimum absolute atomic E-state index is 0.0455. The molecule has 1 aromatic heterocycles. The number of hydrogen-bond acceptors (Lipinski definition) is 4. The van der Waals surface area contributed by atoms with Crippen LogP contribution >= 0.6 is 0 Å². The van der Waals surface area contributed by atoms with E-state index in [-0.39, 0.29) is 5.91 Å². The van der Waals surface area contributed by atoms with E-state index >= 15 is 0 Å². The number of imidazole rings is 1. The Labute approximate surface area is 181 Å². The van der Waals surface area contributed by atoms with Crippen molar-refractivity contribution >= 4 is 11.7 Å². The number of nitrogens with one attached hydrogen (secondary N) is 1. The van der Waals surface area contributed by atoms with Gasteiger partial charge in [0.2, 0.25) is 0 Å². The van der Waals surface area contributed by atoms with Crippen molar-refractivity contribution in [1.29, 1.82) is 5.26 Å². The van der Waals surface area contributed by atoms with Gasteiger partial charge in [-0.15, -0.1) is 0 Å². The Bertz CT molecular complexity index is 1210. The number of nitrogens with zero attached hydrogens (tertiary/aromatic N) is 3. The number of anilines is 1. The maximum atomic E-state index is 13.3. The molecule has 0 unspecified atom stereocenters. The number of hydrogen-bond donors (Lipinski definition) is 2. The first-order valence-electron chi connectivity index (χ1n) is 10.7. The second-order valence-electron chi connectivity index (χ2n) is 8.78. The summed E-state index contributed by atoms with van der Waals surface area (Å²) >= 11 is 0. The molecule has 2 fully saturated rings. The van der Waals surface area contributed by atoms with E-state index < -0.39 is 0 Å². The Morgan fingerprint density at radius 2 is 1.84 bits per heavy atom. The first-order valence-corrected chi connectivity index (χ1v) is 10.7. The summed E-state index contributed by atoms with van der Waals surface area (Å²) in [6.07, 6.45) is 2.30. The quantitative estimate of drug-likeness (QED) is 0.670. The lowest BCUT2D eigenvalue weighted by atomic mass is 9.89. The number of aryl methyl sites for hydroxylation is 2. The number of nitrogens with two attached hydrogens (primary N) is 1. The molecule has 3 aromatic rings. The molecule has 156 valence electrons. The third-order valence-corrected chi connectivity index (χ3v) is 6.47. The van der Waals surface area contributed by atoms with Crippen molar-refractivity contribution in [3.05, 3.63) is 70.0 Å². The zero-order chi connectivity index (χ0) is 21.7. The van der Waals surface area contributed by atoms with Gasteiger partial charge in [0.1, 0.15) is 11.6 Å². The Kier molecular flexibility index (Phi) is 4.55. The minimum Gasteiger partial charge on any atom is -0.382 e. The summed E-state index contributed by atoms with van der Waals surface area (Å²) in [7, 11) is 0. The van der Waals surface area contributed by atoms with Crippen LogP contribution in [0.2, 0.25) is 0 Å². The van der Waals surface area contributed by atoms with Crippen LogP contribution in [0.15, 0.2) is 36.4 Å². The standard InChI is InChI=1S/C25H25N5O/c1-14-9-15(2)21(10-20(14)22-23(27)29-24(28-22)18-7-8-18)25(31)30-12-19(13-30)17-5-3-16(11-26)4-6-17/h3-6,9-10,18-19H,7-8,12-13,27H2,1-2H3,(H,28,29). The number of carbonyl (C=O) groups excluding carboxylic acids is 1. The fraction of sp³-hybridized carbons (Fsp3) is 0.320. The van der Waals surface area contributed by atoms with Crippen LogP contribution in [0.3, 0.4) is 0 Å². The summed E-state index contributed by atoms with van der Waals surface area (Å²) < 4.78 is 0. The Morgan fingerprint density at radius 3 is 2.48 bits per heavy atom. The van der Waals surface area contributed by atoms with Gasteiger partial charge in [-0.25, -0.2) is 4.98 Å². The van der Waals surface area contributed by atoms with E-state index in [4.69, 9.17) is 11.0 Å². The lowest BCUT2D eigenvalue weighted by Crippen LogP contribution is -2.48. The monoisotopic (exact) mass is 411 g/mol. The molecule has 5 rings (SSSR count). The van der Waals surface area contributed by atoms with Gasteiger partial charge in [-0.2, -0.15) is 5.26 Å². The zero-order valence-electron chi connectivity index (χ0n) is 17.8. The lowest BCUT2D eigenvalue weighted by molar-refractivity contribution is 0.0601. The van der Waals surface area contributed by atoms with Crippen molar-refractivity contribution in [2.45, 2.75) is 38.5 Å². The van der Waals surface area contributed by atoms with E-state index in [2.05, 4.69) is 22.1 Å². The highest BCUT2D eigenvalue weighted by Gasteiger charge is 2.33. The predicted octanol–water partition coefficient (Wildman–Crippen LogP) is 4.26. The summed E-state index contributed by atoms with van der Waals surface area (Å²) in [4.78, 5) is 23.0. The van der Waals surface area contributed by atoms with Crippen molar-refractivity contribution in [3.63, 3.8) is 0 Å². The highest BCUT2D eigenvalue weighted by atomic mass is 16.2. The lowest BCUT2D eigenvalue weighted by Gasteiger charge is -2.40. The molecule has 31 heavy (non-hydrogen) atoms. The molecule has 6 heteroatoms. The molecule has 1 aliphatic heterocycles. The van der Waals surface area contributed by atoms with Gasteiger partial charge in [-0.3, -0.25) is 4.79 Å².